The Bertz CT molecular complexity index is 1290. The van der Waals surface area contributed by atoms with Gasteiger partial charge in [-0.2, -0.15) is 0 Å². The second-order valence-corrected chi connectivity index (χ2v) is 18.4. The van der Waals surface area contributed by atoms with Crippen molar-refractivity contribution in [3.05, 3.63) is 48.6 Å². The first-order valence-corrected chi connectivity index (χ1v) is 25.9. The van der Waals surface area contributed by atoms with Gasteiger partial charge in [0.15, 0.2) is 6.10 Å². The van der Waals surface area contributed by atoms with Crippen LogP contribution in [0.4, 0.5) is 0 Å². The lowest BCUT2D eigenvalue weighted by Crippen LogP contribution is -2.64. The number of carbonyl (C=O) groups is 2. The molecule has 0 heterocycles. The van der Waals surface area contributed by atoms with Crippen molar-refractivity contribution >= 4 is 19.8 Å². The molecule has 13 nitrogen and oxygen atoms in total. The van der Waals surface area contributed by atoms with Gasteiger partial charge >= 0.3 is 19.8 Å². The van der Waals surface area contributed by atoms with Gasteiger partial charge in [-0.15, -0.1) is 0 Å². The lowest BCUT2D eigenvalue weighted by atomic mass is 9.85. The highest BCUT2D eigenvalue weighted by molar-refractivity contribution is 7.47. The number of phosphoric acid groups is 1. The van der Waals surface area contributed by atoms with Crippen molar-refractivity contribution < 1.29 is 63.1 Å². The van der Waals surface area contributed by atoms with Gasteiger partial charge in [0.25, 0.3) is 0 Å². The average Bonchev–Trinajstić information content (AvgIpc) is 3.26. The largest absolute Gasteiger partial charge is 0.472 e. The Kier molecular flexibility index (Phi) is 36.4. The molecule has 0 aromatic heterocycles. The number of allylic oxidation sites excluding steroid dienone is 8. The Balaban J connectivity index is 2.43. The van der Waals surface area contributed by atoms with E-state index in [-0.39, 0.29) is 12.8 Å². The number of esters is 2. The van der Waals surface area contributed by atoms with Gasteiger partial charge in [0.1, 0.15) is 43.2 Å². The van der Waals surface area contributed by atoms with Gasteiger partial charge in [0.2, 0.25) is 0 Å². The van der Waals surface area contributed by atoms with Gasteiger partial charge in [-0.05, 0) is 77.0 Å². The third-order valence-electron chi connectivity index (χ3n) is 11.1. The molecule has 1 saturated carbocycles. The minimum atomic E-state index is -5.13. The zero-order valence-electron chi connectivity index (χ0n) is 38.9. The molecule has 0 saturated heterocycles. The molecule has 6 unspecified atom stereocenters. The van der Waals surface area contributed by atoms with Crippen LogP contribution in [0.25, 0.3) is 0 Å². The van der Waals surface area contributed by atoms with Crippen LogP contribution in [0.3, 0.4) is 0 Å². The summed E-state index contributed by atoms with van der Waals surface area (Å²) in [5.41, 5.74) is 0. The van der Waals surface area contributed by atoms with Crippen LogP contribution in [0.15, 0.2) is 48.6 Å². The maximum Gasteiger partial charge on any atom is 0.472 e. The van der Waals surface area contributed by atoms with Gasteiger partial charge < -0.3 is 39.9 Å². The van der Waals surface area contributed by atoms with Gasteiger partial charge in [0.05, 0.1) is 6.61 Å². The molecule has 0 amide bonds. The number of rotatable bonds is 40. The van der Waals surface area contributed by atoms with E-state index in [2.05, 4.69) is 62.5 Å². The van der Waals surface area contributed by atoms with Crippen LogP contribution in [0.1, 0.15) is 194 Å². The molecule has 366 valence electrons. The average molecular weight is 915 g/mol. The molecule has 63 heavy (non-hydrogen) atoms. The normalized spacial score (nSPS) is 22.1. The van der Waals surface area contributed by atoms with Crippen molar-refractivity contribution in [1.82, 2.24) is 0 Å². The fraction of sp³-hybridized carbons (Fsp3) is 0.796. The number of aliphatic hydroxyl groups is 5. The van der Waals surface area contributed by atoms with E-state index in [1.807, 2.05) is 0 Å². The van der Waals surface area contributed by atoms with E-state index >= 15 is 0 Å². The zero-order chi connectivity index (χ0) is 46.4. The number of carbonyl (C=O) groups excluding carboxylic acids is 2. The summed E-state index contributed by atoms with van der Waals surface area (Å²) in [4.78, 5) is 35.8. The van der Waals surface area contributed by atoms with E-state index in [0.29, 0.717) is 12.8 Å². The number of hydrogen-bond acceptors (Lipinski definition) is 12. The van der Waals surface area contributed by atoms with Crippen LogP contribution in [-0.2, 0) is 32.7 Å². The molecule has 6 N–H and O–H groups in total. The Morgan fingerprint density at radius 2 is 0.857 bits per heavy atom. The topological polar surface area (TPSA) is 210 Å². The zero-order valence-corrected chi connectivity index (χ0v) is 39.8. The van der Waals surface area contributed by atoms with Crippen LogP contribution in [-0.4, -0.2) is 98.3 Å². The maximum atomic E-state index is 12.8. The molecule has 8 atom stereocenters. The predicted octanol–water partition coefficient (Wildman–Crippen LogP) is 9.95. The van der Waals surface area contributed by atoms with Crippen LogP contribution >= 0.6 is 7.82 Å². The Morgan fingerprint density at radius 3 is 1.29 bits per heavy atom. The van der Waals surface area contributed by atoms with Crippen molar-refractivity contribution in [3.63, 3.8) is 0 Å². The fourth-order valence-electron chi connectivity index (χ4n) is 7.17. The summed E-state index contributed by atoms with van der Waals surface area (Å²) in [7, 11) is -5.13. The molecule has 1 rings (SSSR count). The summed E-state index contributed by atoms with van der Waals surface area (Å²) in [6.45, 7) is 3.24. The minimum absolute atomic E-state index is 0.0789. The fourth-order valence-corrected chi connectivity index (χ4v) is 8.14. The van der Waals surface area contributed by atoms with E-state index in [1.165, 1.54) is 70.6 Å². The lowest BCUT2D eigenvalue weighted by molar-refractivity contribution is -0.220. The Labute approximate surface area is 380 Å². The number of phosphoric ester groups is 1. The first kappa shape index (κ1) is 58.8. The third kappa shape index (κ3) is 31.4. The summed E-state index contributed by atoms with van der Waals surface area (Å²) in [5.74, 6) is -1.12. The third-order valence-corrected chi connectivity index (χ3v) is 12.1. The SMILES string of the molecule is CCCCC/C=C\C/C=C\CCCCCCCCCCCC(=O)OC[C@H](COP(=O)(O)OC1C(O)C(O)C(O)[C@@H](O)C1O)OC(=O)CCCCCCC/C=C\C/C=C\CCCCC. The van der Waals surface area contributed by atoms with Gasteiger partial charge in [-0.25, -0.2) is 4.57 Å². The molecule has 1 fully saturated rings. The van der Waals surface area contributed by atoms with E-state index in [0.717, 1.165) is 83.5 Å². The van der Waals surface area contributed by atoms with E-state index < -0.39 is 75.7 Å². The van der Waals surface area contributed by atoms with E-state index in [4.69, 9.17) is 18.5 Å². The number of hydrogen-bond donors (Lipinski definition) is 6. The van der Waals surface area contributed by atoms with Crippen molar-refractivity contribution in [1.29, 1.82) is 0 Å². The maximum absolute atomic E-state index is 12.8. The molecular weight excluding hydrogens is 827 g/mol. The standard InChI is InChI=1S/C49H87O13P/c1-3-5-7-9-11-13-15-17-19-20-21-22-24-25-27-29-31-33-35-37-42(50)59-39-41(40-60-63(57,58)62-49-47(55)45(53)44(52)46(54)48(49)56)61-43(51)38-36-34-32-30-28-26-23-18-16-14-12-10-8-6-4-2/h11-14,17-19,23,41,44-49,52-56H,3-10,15-16,20-22,24-40H2,1-2H3,(H,57,58)/b13-11-,14-12-,19-17-,23-18-/t41-,44?,45-,46?,47?,48?,49?/m1/s1. The number of unbranched alkanes of at least 4 members (excludes halogenated alkanes) is 20. The Hall–Kier alpha value is -2.19. The Morgan fingerprint density at radius 1 is 0.492 bits per heavy atom. The molecule has 0 aromatic rings. The first-order chi connectivity index (χ1) is 30.4. The van der Waals surface area contributed by atoms with Gasteiger partial charge in [-0.3, -0.25) is 18.6 Å². The highest BCUT2D eigenvalue weighted by Crippen LogP contribution is 2.47. The summed E-state index contributed by atoms with van der Waals surface area (Å²) in [6, 6.07) is 0. The smallest absolute Gasteiger partial charge is 0.462 e. The van der Waals surface area contributed by atoms with Gasteiger partial charge in [0, 0.05) is 12.8 Å². The van der Waals surface area contributed by atoms with Crippen LogP contribution < -0.4 is 0 Å². The molecule has 14 heteroatoms. The lowest BCUT2D eigenvalue weighted by Gasteiger charge is -2.41. The first-order valence-electron chi connectivity index (χ1n) is 24.4. The molecule has 0 spiro atoms. The van der Waals surface area contributed by atoms with Crippen LogP contribution in [0.2, 0.25) is 0 Å². The second-order valence-electron chi connectivity index (χ2n) is 17.0. The van der Waals surface area contributed by atoms with Crippen molar-refractivity contribution in [3.8, 4) is 0 Å². The molecule has 0 aromatic carbocycles. The van der Waals surface area contributed by atoms with Crippen molar-refractivity contribution in [2.75, 3.05) is 13.2 Å². The molecule has 0 bridgehead atoms. The number of ether oxygens (including phenoxy) is 2. The molecular formula is C49H87O13P. The van der Waals surface area contributed by atoms with E-state index in [9.17, 15) is 44.6 Å². The minimum Gasteiger partial charge on any atom is -0.462 e. The molecule has 1 aliphatic rings. The van der Waals surface area contributed by atoms with Crippen molar-refractivity contribution in [2.45, 2.75) is 236 Å². The molecule has 0 aliphatic heterocycles. The van der Waals surface area contributed by atoms with Crippen LogP contribution in [0, 0.1) is 0 Å². The summed E-state index contributed by atoms with van der Waals surface area (Å²) in [5, 5.41) is 50.2. The highest BCUT2D eigenvalue weighted by atomic mass is 31.2. The second kappa shape index (κ2) is 39.0. The molecule has 0 radical (unpaired) electrons. The quantitative estimate of drug-likeness (QED) is 0.0147. The van der Waals surface area contributed by atoms with Crippen LogP contribution in [0.5, 0.6) is 0 Å². The summed E-state index contributed by atoms with van der Waals surface area (Å²) < 4.78 is 33.6. The summed E-state index contributed by atoms with van der Waals surface area (Å²) in [6.07, 6.45) is 33.0. The highest BCUT2D eigenvalue weighted by Gasteiger charge is 2.51. The van der Waals surface area contributed by atoms with Crippen molar-refractivity contribution in [2.24, 2.45) is 0 Å². The molecule has 1 aliphatic carbocycles. The number of aliphatic hydroxyl groups excluding tert-OH is 5. The van der Waals surface area contributed by atoms with E-state index in [1.54, 1.807) is 0 Å². The van der Waals surface area contributed by atoms with Gasteiger partial charge in [-0.1, -0.05) is 152 Å². The predicted molar refractivity (Wildman–Crippen MR) is 249 cm³/mol. The monoisotopic (exact) mass is 915 g/mol. The summed E-state index contributed by atoms with van der Waals surface area (Å²) >= 11 is 0.